The number of carbonyl (C=O) groups excluding carboxylic acids is 7. The Hall–Kier alpha value is -9.19. The molecule has 0 spiro atoms. The fraction of sp³-hybridized carbons (Fsp3) is 0.283. The molecule has 5 amide bonds. The number of alkyl carbamates (subject to hydrolysis) is 1. The molecule has 0 radical (unpaired) electrons. The number of rotatable bonds is 22. The molecule has 1 aliphatic carbocycles. The Kier molecular flexibility index (Phi) is 17.3. The molecule has 8 aromatic rings. The minimum atomic E-state index is -1.21. The Labute approximate surface area is 449 Å². The van der Waals surface area contributed by atoms with E-state index >= 15 is 0 Å². The van der Waals surface area contributed by atoms with Crippen molar-refractivity contribution in [3.05, 3.63) is 174 Å². The molecule has 9 N–H and O–H groups in total. The highest BCUT2D eigenvalue weighted by Gasteiger charge is 2.36. The number of aromatic hydroxyl groups is 1. The number of para-hydroxylation sites is 3. The Balaban J connectivity index is 0.885. The van der Waals surface area contributed by atoms with Crippen molar-refractivity contribution < 1.29 is 48.1 Å². The summed E-state index contributed by atoms with van der Waals surface area (Å²) in [6.07, 6.45) is 6.06. The monoisotopic (exact) mass is 1050 g/mol. The first kappa shape index (κ1) is 53.6. The van der Waals surface area contributed by atoms with Crippen molar-refractivity contribution in [2.45, 2.75) is 94.6 Å². The fourth-order valence-corrected chi connectivity index (χ4v) is 10.3. The van der Waals surface area contributed by atoms with Crippen LogP contribution in [0.2, 0.25) is 0 Å². The molecule has 402 valence electrons. The van der Waals surface area contributed by atoms with Crippen LogP contribution in [0.5, 0.6) is 5.75 Å². The number of aromatic amines is 3. The van der Waals surface area contributed by atoms with Crippen LogP contribution in [-0.4, -0.2) is 98.9 Å². The molecule has 0 aliphatic heterocycles. The Morgan fingerprint density at radius 2 is 1.06 bits per heavy atom. The zero-order valence-corrected chi connectivity index (χ0v) is 43.0. The molecular formula is C60H62N8O10. The van der Waals surface area contributed by atoms with Crippen LogP contribution in [0.4, 0.5) is 4.79 Å². The summed E-state index contributed by atoms with van der Waals surface area (Å²) in [6, 6.07) is 32.4. The second-order valence-corrected chi connectivity index (χ2v) is 19.7. The van der Waals surface area contributed by atoms with E-state index < -0.39 is 71.8 Å². The van der Waals surface area contributed by atoms with Crippen molar-refractivity contribution in [1.82, 2.24) is 41.5 Å². The lowest BCUT2D eigenvalue weighted by molar-refractivity contribution is -0.145. The number of nitrogens with one attached hydrogen (secondary N) is 8. The number of methoxy groups -OCH3 is 1. The number of ketones is 1. The van der Waals surface area contributed by atoms with Crippen LogP contribution in [-0.2, 0) is 70.5 Å². The molecule has 18 heteroatoms. The first-order chi connectivity index (χ1) is 37.9. The van der Waals surface area contributed by atoms with Crippen molar-refractivity contribution >= 4 is 74.2 Å². The summed E-state index contributed by atoms with van der Waals surface area (Å²) < 4.78 is 10.6. The molecule has 3 aromatic heterocycles. The lowest BCUT2D eigenvalue weighted by Crippen LogP contribution is -2.57. The van der Waals surface area contributed by atoms with Crippen LogP contribution in [0.3, 0.4) is 0 Å². The summed E-state index contributed by atoms with van der Waals surface area (Å²) in [5, 5.41) is 26.6. The summed E-state index contributed by atoms with van der Waals surface area (Å²) in [5.41, 5.74) is 6.15. The standard InChI is InChI=1S/C60H62N8O10/c1-77-59(75)53(28-36-22-25-42(69)26-23-36)67-56(72)50(29-39-32-61-46-18-8-5-15-43(39)46)64-54(70)27-24-38-14-11-21-49(55(38)71)65-57(73)51(30-40-33-62-47-19-9-6-16-44(40)47)66-58(74)52(31-41-34-63-48-20-10-7-17-45(41)48)68-60(76)78-35-37-12-3-2-4-13-37/h2-10,12-13,15-20,22-23,25-26,32-34,38,49-53,61-63,69H,11,14,21,24,27-31,35H2,1H3,(H,64,70)(H,65,73)(H,66,74)(H,67,72)(H,68,76)/t38-,49-,50+,51+,52+,53+/m1/s1. The van der Waals surface area contributed by atoms with Crippen LogP contribution in [0, 0.1) is 5.92 Å². The third-order valence-electron chi connectivity index (χ3n) is 14.4. The van der Waals surface area contributed by atoms with E-state index in [0.717, 1.165) is 55.0 Å². The normalized spacial score (nSPS) is 15.9. The number of Topliss-reactive ketones (excluding diaryl/α,β-unsaturated/α-hetero) is 1. The molecule has 1 fully saturated rings. The van der Waals surface area contributed by atoms with Gasteiger partial charge in [-0.1, -0.05) is 103 Å². The molecule has 18 nitrogen and oxygen atoms in total. The molecule has 1 aliphatic rings. The van der Waals surface area contributed by atoms with E-state index in [1.165, 1.54) is 19.2 Å². The van der Waals surface area contributed by atoms with Gasteiger partial charge in [-0.2, -0.15) is 0 Å². The third-order valence-corrected chi connectivity index (χ3v) is 14.4. The molecule has 9 rings (SSSR count). The van der Waals surface area contributed by atoms with Gasteiger partial charge in [-0.15, -0.1) is 0 Å². The summed E-state index contributed by atoms with van der Waals surface area (Å²) >= 11 is 0. The van der Waals surface area contributed by atoms with E-state index in [0.29, 0.717) is 24.8 Å². The van der Waals surface area contributed by atoms with E-state index in [1.54, 1.807) is 30.7 Å². The fourth-order valence-electron chi connectivity index (χ4n) is 10.3. The smallest absolute Gasteiger partial charge is 0.408 e. The highest BCUT2D eigenvalue weighted by molar-refractivity contribution is 5.97. The second kappa shape index (κ2) is 25.1. The van der Waals surface area contributed by atoms with E-state index in [2.05, 4.69) is 41.5 Å². The van der Waals surface area contributed by atoms with Gasteiger partial charge in [0, 0.05) is 89.3 Å². The molecule has 5 aromatic carbocycles. The number of aromatic nitrogens is 3. The highest BCUT2D eigenvalue weighted by atomic mass is 16.5. The van der Waals surface area contributed by atoms with Crippen molar-refractivity contribution in [2.75, 3.05) is 7.11 Å². The van der Waals surface area contributed by atoms with Gasteiger partial charge < -0.3 is 56.1 Å². The maximum atomic E-state index is 14.6. The Morgan fingerprint density at radius 3 is 1.62 bits per heavy atom. The summed E-state index contributed by atoms with van der Waals surface area (Å²) in [5.74, 6) is -3.91. The van der Waals surface area contributed by atoms with Gasteiger partial charge >= 0.3 is 12.1 Å². The molecule has 6 atom stereocenters. The number of carbonyl (C=O) groups is 7. The van der Waals surface area contributed by atoms with Crippen molar-refractivity contribution in [3.8, 4) is 5.75 Å². The number of hydrogen-bond donors (Lipinski definition) is 9. The predicted molar refractivity (Wildman–Crippen MR) is 293 cm³/mol. The molecular weight excluding hydrogens is 993 g/mol. The Morgan fingerprint density at radius 1 is 0.564 bits per heavy atom. The van der Waals surface area contributed by atoms with E-state index in [4.69, 9.17) is 9.47 Å². The minimum Gasteiger partial charge on any atom is -0.508 e. The number of ether oxygens (including phenoxy) is 2. The first-order valence-corrected chi connectivity index (χ1v) is 26.1. The van der Waals surface area contributed by atoms with Crippen molar-refractivity contribution in [2.24, 2.45) is 5.92 Å². The van der Waals surface area contributed by atoms with E-state index in [1.807, 2.05) is 103 Å². The maximum absolute atomic E-state index is 14.6. The lowest BCUT2D eigenvalue weighted by Gasteiger charge is -2.30. The van der Waals surface area contributed by atoms with Gasteiger partial charge in [0.05, 0.1) is 13.2 Å². The highest BCUT2D eigenvalue weighted by Crippen LogP contribution is 2.27. The third kappa shape index (κ3) is 13.4. The number of amides is 5. The summed E-state index contributed by atoms with van der Waals surface area (Å²) in [4.78, 5) is 108. The van der Waals surface area contributed by atoms with Gasteiger partial charge in [-0.25, -0.2) is 9.59 Å². The van der Waals surface area contributed by atoms with Crippen LogP contribution in [0.1, 0.15) is 59.9 Å². The predicted octanol–water partition coefficient (Wildman–Crippen LogP) is 6.66. The summed E-state index contributed by atoms with van der Waals surface area (Å²) in [6.45, 7) is -0.0348. The average molecular weight is 1060 g/mol. The van der Waals surface area contributed by atoms with Crippen LogP contribution in [0.15, 0.2) is 146 Å². The van der Waals surface area contributed by atoms with E-state index in [-0.39, 0.29) is 56.7 Å². The molecule has 0 unspecified atom stereocenters. The van der Waals surface area contributed by atoms with Crippen molar-refractivity contribution in [1.29, 1.82) is 0 Å². The zero-order valence-electron chi connectivity index (χ0n) is 43.0. The van der Waals surface area contributed by atoms with Gasteiger partial charge in [0.25, 0.3) is 0 Å². The minimum absolute atomic E-state index is 0.0348. The van der Waals surface area contributed by atoms with Crippen LogP contribution < -0.4 is 26.6 Å². The van der Waals surface area contributed by atoms with Gasteiger partial charge in [0.2, 0.25) is 23.6 Å². The number of phenolic OH excluding ortho intramolecular Hbond substituents is 1. The quantitative estimate of drug-likeness (QED) is 0.0326. The Bertz CT molecular complexity index is 3420. The second-order valence-electron chi connectivity index (χ2n) is 19.7. The van der Waals surface area contributed by atoms with Gasteiger partial charge in [-0.3, -0.25) is 24.0 Å². The van der Waals surface area contributed by atoms with Gasteiger partial charge in [-0.05, 0) is 77.4 Å². The molecule has 0 saturated heterocycles. The molecule has 1 saturated carbocycles. The maximum Gasteiger partial charge on any atom is 0.408 e. The molecule has 0 bridgehead atoms. The lowest BCUT2D eigenvalue weighted by atomic mass is 9.81. The van der Waals surface area contributed by atoms with Gasteiger partial charge in [0.15, 0.2) is 5.78 Å². The largest absolute Gasteiger partial charge is 0.508 e. The van der Waals surface area contributed by atoms with Crippen molar-refractivity contribution in [3.63, 3.8) is 0 Å². The molecule has 78 heavy (non-hydrogen) atoms. The number of hydrogen-bond acceptors (Lipinski definition) is 10. The van der Waals surface area contributed by atoms with Gasteiger partial charge in [0.1, 0.15) is 36.5 Å². The van der Waals surface area contributed by atoms with Crippen LogP contribution >= 0.6 is 0 Å². The van der Waals surface area contributed by atoms with Crippen LogP contribution in [0.25, 0.3) is 32.7 Å². The topological polar surface area (TPSA) is 266 Å². The number of benzene rings is 5. The molecule has 3 heterocycles. The zero-order chi connectivity index (χ0) is 54.5. The number of esters is 1. The summed E-state index contributed by atoms with van der Waals surface area (Å²) in [7, 11) is 1.21. The number of fused-ring (bicyclic) bond motifs is 3. The number of H-pyrrole nitrogens is 3. The average Bonchev–Trinajstić information content (AvgIpc) is 4.22. The first-order valence-electron chi connectivity index (χ1n) is 26.1. The SMILES string of the molecule is COC(=O)[C@H](Cc1ccc(O)cc1)NC(=O)[C@H](Cc1c[nH]c2ccccc12)NC(=O)CC[C@H]1CCC[C@@H](NC(=O)[C@H](Cc2c[nH]c3ccccc23)NC(=O)[C@H](Cc2c[nH]c3ccccc23)NC(=O)OCc2ccccc2)C1=O. The van der Waals surface area contributed by atoms with E-state index in [9.17, 15) is 38.7 Å². The number of phenols is 1.